The summed E-state index contributed by atoms with van der Waals surface area (Å²) in [5, 5.41) is 3.47. The molecule has 0 spiro atoms. The lowest BCUT2D eigenvalue weighted by Gasteiger charge is -2.37. The van der Waals surface area contributed by atoms with Crippen molar-refractivity contribution < 1.29 is 9.13 Å². The van der Waals surface area contributed by atoms with Crippen LogP contribution in [0.4, 0.5) is 10.1 Å². The molecule has 1 saturated carbocycles. The Hall–Kier alpha value is -2.03. The van der Waals surface area contributed by atoms with E-state index in [0.29, 0.717) is 12.0 Å². The van der Waals surface area contributed by atoms with Crippen LogP contribution in [-0.2, 0) is 0 Å². The molecule has 2 aromatic rings. The predicted molar refractivity (Wildman–Crippen MR) is 78.8 cm³/mol. The van der Waals surface area contributed by atoms with Crippen molar-refractivity contribution >= 4 is 5.69 Å². The molecule has 0 unspecified atom stereocenters. The van der Waals surface area contributed by atoms with E-state index in [1.807, 2.05) is 36.4 Å². The largest absolute Gasteiger partial charge is 0.497 e. The van der Waals surface area contributed by atoms with Crippen LogP contribution in [0.25, 0.3) is 0 Å². The van der Waals surface area contributed by atoms with Gasteiger partial charge in [-0.2, -0.15) is 0 Å². The summed E-state index contributed by atoms with van der Waals surface area (Å²) >= 11 is 0. The third-order valence-electron chi connectivity index (χ3n) is 3.92. The van der Waals surface area contributed by atoms with Crippen molar-refractivity contribution in [3.63, 3.8) is 0 Å². The molecule has 2 aromatic carbocycles. The van der Waals surface area contributed by atoms with E-state index in [2.05, 4.69) is 5.32 Å². The zero-order valence-electron chi connectivity index (χ0n) is 11.5. The van der Waals surface area contributed by atoms with Gasteiger partial charge in [0.2, 0.25) is 0 Å². The number of rotatable bonds is 4. The standard InChI is InChI=1S/C17H18FNO/c1-20-15-6-4-5-13(11-15)19-14-9-12(10-14)16-7-2-3-8-17(16)18/h2-8,11-12,14,19H,9-10H2,1H3. The molecule has 0 saturated heterocycles. The Kier molecular flexibility index (Phi) is 3.59. The van der Waals surface area contributed by atoms with Gasteiger partial charge < -0.3 is 10.1 Å². The van der Waals surface area contributed by atoms with Gasteiger partial charge in [0.25, 0.3) is 0 Å². The van der Waals surface area contributed by atoms with E-state index in [-0.39, 0.29) is 5.82 Å². The second-order valence-electron chi connectivity index (χ2n) is 5.26. The maximum Gasteiger partial charge on any atom is 0.126 e. The minimum atomic E-state index is -0.0858. The quantitative estimate of drug-likeness (QED) is 0.900. The molecule has 2 nitrogen and oxygen atoms in total. The molecule has 0 atom stereocenters. The van der Waals surface area contributed by atoms with Crippen LogP contribution < -0.4 is 10.1 Å². The smallest absolute Gasteiger partial charge is 0.126 e. The highest BCUT2D eigenvalue weighted by atomic mass is 19.1. The Balaban J connectivity index is 1.59. The third-order valence-corrected chi connectivity index (χ3v) is 3.92. The number of benzene rings is 2. The van der Waals surface area contributed by atoms with E-state index in [1.54, 1.807) is 13.2 Å². The Bertz CT molecular complexity index is 593. The molecular weight excluding hydrogens is 253 g/mol. The lowest BCUT2D eigenvalue weighted by molar-refractivity contribution is 0.363. The van der Waals surface area contributed by atoms with Crippen LogP contribution in [0, 0.1) is 5.82 Å². The maximum absolute atomic E-state index is 13.7. The fraction of sp³-hybridized carbons (Fsp3) is 0.294. The zero-order chi connectivity index (χ0) is 13.9. The highest BCUT2D eigenvalue weighted by Gasteiger charge is 2.31. The van der Waals surface area contributed by atoms with Gasteiger partial charge in [0.1, 0.15) is 11.6 Å². The van der Waals surface area contributed by atoms with Crippen LogP contribution in [0.5, 0.6) is 5.75 Å². The van der Waals surface area contributed by atoms with Crippen molar-refractivity contribution in [3.05, 3.63) is 59.9 Å². The normalized spacial score (nSPS) is 21.1. The average molecular weight is 271 g/mol. The Morgan fingerprint density at radius 2 is 1.90 bits per heavy atom. The van der Waals surface area contributed by atoms with Crippen LogP contribution in [0.1, 0.15) is 24.3 Å². The lowest BCUT2D eigenvalue weighted by Crippen LogP contribution is -2.34. The molecule has 0 aliphatic heterocycles. The molecule has 104 valence electrons. The molecule has 1 aliphatic rings. The summed E-state index contributed by atoms with van der Waals surface area (Å²) in [7, 11) is 1.66. The molecule has 0 heterocycles. The topological polar surface area (TPSA) is 21.3 Å². The van der Waals surface area contributed by atoms with E-state index in [1.165, 1.54) is 6.07 Å². The van der Waals surface area contributed by atoms with Gasteiger partial charge in [-0.25, -0.2) is 4.39 Å². The molecule has 0 amide bonds. The number of methoxy groups -OCH3 is 1. The molecule has 0 bridgehead atoms. The molecule has 3 rings (SSSR count). The number of hydrogen-bond donors (Lipinski definition) is 1. The first-order valence-electron chi connectivity index (χ1n) is 6.91. The van der Waals surface area contributed by atoms with Gasteiger partial charge >= 0.3 is 0 Å². The van der Waals surface area contributed by atoms with E-state index < -0.39 is 0 Å². The zero-order valence-corrected chi connectivity index (χ0v) is 11.5. The molecular formula is C17H18FNO. The fourth-order valence-corrected chi connectivity index (χ4v) is 2.74. The third kappa shape index (κ3) is 2.62. The summed E-state index contributed by atoms with van der Waals surface area (Å²) < 4.78 is 18.9. The molecule has 0 radical (unpaired) electrons. The van der Waals surface area contributed by atoms with Gasteiger partial charge in [-0.05, 0) is 42.5 Å². The minimum Gasteiger partial charge on any atom is -0.497 e. The molecule has 20 heavy (non-hydrogen) atoms. The predicted octanol–water partition coefficient (Wildman–Crippen LogP) is 4.19. The minimum absolute atomic E-state index is 0.0858. The summed E-state index contributed by atoms with van der Waals surface area (Å²) in [6.45, 7) is 0. The maximum atomic E-state index is 13.7. The van der Waals surface area contributed by atoms with Crippen molar-refractivity contribution in [2.45, 2.75) is 24.8 Å². The number of nitrogens with one attached hydrogen (secondary N) is 1. The highest BCUT2D eigenvalue weighted by Crippen LogP contribution is 2.39. The second-order valence-corrected chi connectivity index (χ2v) is 5.26. The molecule has 1 aliphatic carbocycles. The Morgan fingerprint density at radius 1 is 1.10 bits per heavy atom. The van der Waals surface area contributed by atoms with Crippen LogP contribution in [-0.4, -0.2) is 13.2 Å². The Labute approximate surface area is 118 Å². The van der Waals surface area contributed by atoms with E-state index in [0.717, 1.165) is 29.8 Å². The molecule has 3 heteroatoms. The van der Waals surface area contributed by atoms with Gasteiger partial charge in [-0.15, -0.1) is 0 Å². The lowest BCUT2D eigenvalue weighted by atomic mass is 9.75. The van der Waals surface area contributed by atoms with Crippen molar-refractivity contribution in [3.8, 4) is 5.75 Å². The van der Waals surface area contributed by atoms with Gasteiger partial charge in [-0.1, -0.05) is 24.3 Å². The first-order chi connectivity index (χ1) is 9.76. The number of anilines is 1. The molecule has 1 fully saturated rings. The monoisotopic (exact) mass is 271 g/mol. The Morgan fingerprint density at radius 3 is 2.65 bits per heavy atom. The van der Waals surface area contributed by atoms with Crippen molar-refractivity contribution in [1.82, 2.24) is 0 Å². The first kappa shape index (κ1) is 13.0. The summed E-state index contributed by atoms with van der Waals surface area (Å²) in [4.78, 5) is 0. The van der Waals surface area contributed by atoms with E-state index in [4.69, 9.17) is 4.74 Å². The van der Waals surface area contributed by atoms with Crippen molar-refractivity contribution in [1.29, 1.82) is 0 Å². The van der Waals surface area contributed by atoms with Crippen LogP contribution >= 0.6 is 0 Å². The average Bonchev–Trinajstić information content (AvgIpc) is 2.44. The fourth-order valence-electron chi connectivity index (χ4n) is 2.74. The van der Waals surface area contributed by atoms with Crippen LogP contribution in [0.15, 0.2) is 48.5 Å². The van der Waals surface area contributed by atoms with Gasteiger partial charge in [-0.3, -0.25) is 0 Å². The first-order valence-corrected chi connectivity index (χ1v) is 6.91. The summed E-state index contributed by atoms with van der Waals surface area (Å²) in [6.07, 6.45) is 1.94. The summed E-state index contributed by atoms with van der Waals surface area (Å²) in [6, 6.07) is 15.4. The number of ether oxygens (including phenoxy) is 1. The van der Waals surface area contributed by atoms with Crippen LogP contribution in [0.3, 0.4) is 0 Å². The van der Waals surface area contributed by atoms with E-state index in [9.17, 15) is 4.39 Å². The highest BCUT2D eigenvalue weighted by molar-refractivity contribution is 5.49. The summed E-state index contributed by atoms with van der Waals surface area (Å²) in [5.74, 6) is 1.09. The van der Waals surface area contributed by atoms with Crippen molar-refractivity contribution in [2.24, 2.45) is 0 Å². The van der Waals surface area contributed by atoms with Crippen LogP contribution in [0.2, 0.25) is 0 Å². The second kappa shape index (κ2) is 5.53. The SMILES string of the molecule is COc1cccc(NC2CC(c3ccccc3F)C2)c1. The van der Waals surface area contributed by atoms with Crippen molar-refractivity contribution in [2.75, 3.05) is 12.4 Å². The summed E-state index contributed by atoms with van der Waals surface area (Å²) in [5.41, 5.74) is 1.90. The van der Waals surface area contributed by atoms with Gasteiger partial charge in [0.05, 0.1) is 7.11 Å². The number of hydrogen-bond acceptors (Lipinski definition) is 2. The van der Waals surface area contributed by atoms with Gasteiger partial charge in [0, 0.05) is 17.8 Å². The van der Waals surface area contributed by atoms with E-state index >= 15 is 0 Å². The van der Waals surface area contributed by atoms with Gasteiger partial charge in [0.15, 0.2) is 0 Å². The molecule has 1 N–H and O–H groups in total. The molecule has 0 aromatic heterocycles. The number of halogens is 1.